The van der Waals surface area contributed by atoms with Gasteiger partial charge in [-0.15, -0.1) is 0 Å². The average molecular weight is 436 g/mol. The van der Waals surface area contributed by atoms with E-state index in [4.69, 9.17) is 19.2 Å². The molecule has 0 saturated heterocycles. The number of benzene rings is 4. The summed E-state index contributed by atoms with van der Waals surface area (Å²) >= 11 is 0. The lowest BCUT2D eigenvalue weighted by Crippen LogP contribution is -2.35. The molecule has 164 valence electrons. The predicted octanol–water partition coefficient (Wildman–Crippen LogP) is 6.03. The van der Waals surface area contributed by atoms with E-state index >= 15 is 0 Å². The van der Waals surface area contributed by atoms with Crippen LogP contribution in [0.15, 0.2) is 108 Å². The maximum Gasteiger partial charge on any atom is 0.196 e. The van der Waals surface area contributed by atoms with Crippen LogP contribution in [0.5, 0.6) is 17.2 Å². The number of fused-ring (bicyclic) bond motifs is 1. The molecule has 33 heavy (non-hydrogen) atoms. The van der Waals surface area contributed by atoms with Gasteiger partial charge in [0.1, 0.15) is 11.3 Å². The summed E-state index contributed by atoms with van der Waals surface area (Å²) in [6.45, 7) is 0. The van der Waals surface area contributed by atoms with Crippen molar-refractivity contribution >= 4 is 5.90 Å². The molecule has 0 saturated carbocycles. The van der Waals surface area contributed by atoms with Crippen LogP contribution in [0, 0.1) is 0 Å². The van der Waals surface area contributed by atoms with Crippen LogP contribution in [0.3, 0.4) is 0 Å². The molecule has 0 radical (unpaired) electrons. The van der Waals surface area contributed by atoms with Gasteiger partial charge < -0.3 is 14.2 Å². The summed E-state index contributed by atoms with van der Waals surface area (Å²) in [5.74, 6) is 2.84. The van der Waals surface area contributed by atoms with E-state index in [1.165, 1.54) is 0 Å². The van der Waals surface area contributed by atoms with Gasteiger partial charge in [-0.05, 0) is 34.9 Å². The second-order valence-electron chi connectivity index (χ2n) is 7.91. The molecule has 1 aliphatic rings. The lowest BCUT2D eigenvalue weighted by molar-refractivity contribution is 0.354. The van der Waals surface area contributed by atoms with Crippen molar-refractivity contribution in [1.82, 2.24) is 0 Å². The van der Waals surface area contributed by atoms with Crippen LogP contribution >= 0.6 is 0 Å². The number of para-hydroxylation sites is 1. The summed E-state index contributed by atoms with van der Waals surface area (Å²) in [7, 11) is 3.28. The van der Waals surface area contributed by atoms with Crippen LogP contribution in [0.1, 0.15) is 22.3 Å². The first kappa shape index (κ1) is 20.8. The zero-order valence-electron chi connectivity index (χ0n) is 18.7. The van der Waals surface area contributed by atoms with Gasteiger partial charge in [0, 0.05) is 12.0 Å². The monoisotopic (exact) mass is 435 g/mol. The summed E-state index contributed by atoms with van der Waals surface area (Å²) in [6.07, 6.45) is 0.524. The number of aliphatic imine (C=N–C) groups is 1. The van der Waals surface area contributed by atoms with Crippen molar-refractivity contribution in [2.45, 2.75) is 12.0 Å². The summed E-state index contributed by atoms with van der Waals surface area (Å²) in [6, 6.07) is 34.9. The molecule has 4 nitrogen and oxygen atoms in total. The van der Waals surface area contributed by atoms with Crippen LogP contribution in [-0.4, -0.2) is 20.1 Å². The Hall–Kier alpha value is -4.05. The molecular weight excluding hydrogens is 410 g/mol. The van der Waals surface area contributed by atoms with Gasteiger partial charge in [-0.25, -0.2) is 4.99 Å². The molecule has 0 spiro atoms. The Morgan fingerprint density at radius 1 is 0.697 bits per heavy atom. The molecule has 0 atom stereocenters. The number of ether oxygens (including phenoxy) is 3. The third kappa shape index (κ3) is 3.74. The standard InChI is InChI=1S/C29H25NO3/c1-31-26-18-17-21(19-27(26)32-2)20-28-30-29(22-11-5-3-6-12-22,23-13-7-4-8-14-23)24-15-9-10-16-25(24)33-28/h3-19H,20H2,1-2H3. The van der Waals surface area contributed by atoms with Gasteiger partial charge in [0.05, 0.1) is 14.2 Å². The summed E-state index contributed by atoms with van der Waals surface area (Å²) in [5, 5.41) is 0. The highest BCUT2D eigenvalue weighted by atomic mass is 16.5. The van der Waals surface area contributed by atoms with Gasteiger partial charge >= 0.3 is 0 Å². The van der Waals surface area contributed by atoms with E-state index in [9.17, 15) is 0 Å². The topological polar surface area (TPSA) is 40.0 Å². The fraction of sp³-hybridized carbons (Fsp3) is 0.138. The minimum atomic E-state index is -0.705. The predicted molar refractivity (Wildman–Crippen MR) is 131 cm³/mol. The van der Waals surface area contributed by atoms with E-state index in [2.05, 4.69) is 54.6 Å². The molecule has 0 fully saturated rings. The van der Waals surface area contributed by atoms with Crippen molar-refractivity contribution in [3.63, 3.8) is 0 Å². The van der Waals surface area contributed by atoms with Crippen LogP contribution in [0.2, 0.25) is 0 Å². The lowest BCUT2D eigenvalue weighted by atomic mass is 9.76. The van der Waals surface area contributed by atoms with Crippen LogP contribution in [0.25, 0.3) is 0 Å². The molecule has 1 heterocycles. The largest absolute Gasteiger partial charge is 0.493 e. The Balaban J connectivity index is 1.69. The average Bonchev–Trinajstić information content (AvgIpc) is 2.89. The Labute approximate surface area is 194 Å². The molecule has 0 aliphatic carbocycles. The summed E-state index contributed by atoms with van der Waals surface area (Å²) < 4.78 is 17.2. The Morgan fingerprint density at radius 3 is 1.94 bits per heavy atom. The van der Waals surface area contributed by atoms with Crippen molar-refractivity contribution < 1.29 is 14.2 Å². The van der Waals surface area contributed by atoms with Crippen molar-refractivity contribution in [1.29, 1.82) is 0 Å². The maximum absolute atomic E-state index is 6.34. The number of nitrogens with zero attached hydrogens (tertiary/aromatic N) is 1. The van der Waals surface area contributed by atoms with E-state index in [0.717, 1.165) is 28.0 Å². The second kappa shape index (κ2) is 8.83. The first-order chi connectivity index (χ1) is 16.2. The SMILES string of the molecule is COc1ccc(CC2=NC(c3ccccc3)(c3ccccc3)c3ccccc3O2)cc1OC. The molecule has 0 amide bonds. The van der Waals surface area contributed by atoms with E-state index in [1.807, 2.05) is 48.5 Å². The van der Waals surface area contributed by atoms with Crippen molar-refractivity contribution in [2.75, 3.05) is 14.2 Å². The Kier molecular flexibility index (Phi) is 5.57. The molecule has 1 aliphatic heterocycles. The van der Waals surface area contributed by atoms with Gasteiger partial charge in [0.2, 0.25) is 0 Å². The zero-order chi connectivity index (χ0) is 22.7. The fourth-order valence-electron chi connectivity index (χ4n) is 4.46. The van der Waals surface area contributed by atoms with Gasteiger partial charge in [-0.1, -0.05) is 84.9 Å². The first-order valence-corrected chi connectivity index (χ1v) is 10.9. The van der Waals surface area contributed by atoms with E-state index in [0.29, 0.717) is 23.8 Å². The highest BCUT2D eigenvalue weighted by molar-refractivity contribution is 5.85. The molecule has 4 aromatic rings. The van der Waals surface area contributed by atoms with Crippen molar-refractivity contribution in [2.24, 2.45) is 4.99 Å². The van der Waals surface area contributed by atoms with E-state index in [1.54, 1.807) is 14.2 Å². The minimum absolute atomic E-state index is 0.524. The molecule has 0 unspecified atom stereocenters. The molecule has 0 bridgehead atoms. The molecular formula is C29H25NO3. The second-order valence-corrected chi connectivity index (χ2v) is 7.91. The molecule has 4 heteroatoms. The molecule has 5 rings (SSSR count). The number of methoxy groups -OCH3 is 2. The van der Waals surface area contributed by atoms with Crippen LogP contribution in [-0.2, 0) is 12.0 Å². The number of hydrogen-bond acceptors (Lipinski definition) is 4. The third-order valence-corrected chi connectivity index (χ3v) is 5.98. The normalized spacial score (nSPS) is 13.9. The smallest absolute Gasteiger partial charge is 0.196 e. The fourth-order valence-corrected chi connectivity index (χ4v) is 4.46. The minimum Gasteiger partial charge on any atom is -0.493 e. The Morgan fingerprint density at radius 2 is 1.30 bits per heavy atom. The van der Waals surface area contributed by atoms with Gasteiger partial charge in [-0.3, -0.25) is 0 Å². The lowest BCUT2D eigenvalue weighted by Gasteiger charge is -2.37. The molecule has 0 N–H and O–H groups in total. The third-order valence-electron chi connectivity index (χ3n) is 5.98. The van der Waals surface area contributed by atoms with E-state index in [-0.39, 0.29) is 0 Å². The molecule has 0 aromatic heterocycles. The highest BCUT2D eigenvalue weighted by Crippen LogP contribution is 2.47. The van der Waals surface area contributed by atoms with Crippen LogP contribution < -0.4 is 14.2 Å². The zero-order valence-corrected chi connectivity index (χ0v) is 18.7. The quantitative estimate of drug-likeness (QED) is 0.371. The van der Waals surface area contributed by atoms with Gasteiger partial charge in [0.25, 0.3) is 0 Å². The number of rotatable bonds is 6. The van der Waals surface area contributed by atoms with E-state index < -0.39 is 5.54 Å². The van der Waals surface area contributed by atoms with Crippen molar-refractivity contribution in [3.05, 3.63) is 125 Å². The summed E-state index contributed by atoms with van der Waals surface area (Å²) in [5.41, 5.74) is 3.54. The maximum atomic E-state index is 6.34. The number of hydrogen-bond donors (Lipinski definition) is 0. The first-order valence-electron chi connectivity index (χ1n) is 10.9. The highest BCUT2D eigenvalue weighted by Gasteiger charge is 2.41. The Bertz CT molecular complexity index is 1240. The van der Waals surface area contributed by atoms with Crippen molar-refractivity contribution in [3.8, 4) is 17.2 Å². The molecule has 4 aromatic carbocycles. The van der Waals surface area contributed by atoms with Crippen LogP contribution in [0.4, 0.5) is 0 Å². The summed E-state index contributed by atoms with van der Waals surface area (Å²) in [4.78, 5) is 5.31. The van der Waals surface area contributed by atoms with Gasteiger partial charge in [0.15, 0.2) is 17.4 Å². The van der Waals surface area contributed by atoms with Gasteiger partial charge in [-0.2, -0.15) is 0 Å².